The smallest absolute Gasteiger partial charge is 0.240 e. The maximum Gasteiger partial charge on any atom is 0.240 e. The number of nitrogens with zero attached hydrogens (tertiary/aromatic N) is 1. The van der Waals surface area contributed by atoms with Crippen LogP contribution in [0.15, 0.2) is 0 Å². The zero-order valence-corrected chi connectivity index (χ0v) is 7.78. The molecule has 1 saturated heterocycles. The maximum atomic E-state index is 11.4. The number of nitrogens with one attached hydrogen (secondary N) is 1. The lowest BCUT2D eigenvalue weighted by atomic mass is 10.3. The van der Waals surface area contributed by atoms with Gasteiger partial charge in [-0.05, 0) is 6.92 Å². The molecule has 0 bridgehead atoms. The van der Waals surface area contributed by atoms with Crippen LogP contribution in [0.3, 0.4) is 0 Å². The van der Waals surface area contributed by atoms with Crippen molar-refractivity contribution in [1.82, 2.24) is 10.2 Å². The number of amides is 1. The number of rotatable bonds is 2. The Bertz CT molecular complexity index is 145. The summed E-state index contributed by atoms with van der Waals surface area (Å²) in [5, 5.41) is 3.14. The van der Waals surface area contributed by atoms with Crippen molar-refractivity contribution in [2.75, 3.05) is 25.2 Å². The number of likely N-dealkylation sites (N-methyl/N-ethyl adjacent to an activating group) is 1. The van der Waals surface area contributed by atoms with Crippen molar-refractivity contribution < 1.29 is 4.79 Å². The van der Waals surface area contributed by atoms with Gasteiger partial charge in [-0.3, -0.25) is 10.1 Å². The van der Waals surface area contributed by atoms with E-state index in [2.05, 4.69) is 5.32 Å². The van der Waals surface area contributed by atoms with Crippen LogP contribution >= 0.6 is 11.8 Å². The summed E-state index contributed by atoms with van der Waals surface area (Å²) in [5.41, 5.74) is 0. The van der Waals surface area contributed by atoms with Gasteiger partial charge in [-0.15, -0.1) is 11.8 Å². The van der Waals surface area contributed by atoms with Gasteiger partial charge in [0.2, 0.25) is 5.91 Å². The van der Waals surface area contributed by atoms with Crippen LogP contribution in [0.25, 0.3) is 0 Å². The molecule has 1 atom stereocenters. The highest BCUT2D eigenvalue weighted by Crippen LogP contribution is 2.10. The molecule has 1 heterocycles. The molecule has 0 radical (unpaired) electrons. The van der Waals surface area contributed by atoms with E-state index in [0.29, 0.717) is 0 Å². The van der Waals surface area contributed by atoms with Crippen LogP contribution in [0.2, 0.25) is 0 Å². The molecule has 0 spiro atoms. The second-order valence-electron chi connectivity index (χ2n) is 2.62. The van der Waals surface area contributed by atoms with Crippen LogP contribution in [0, 0.1) is 0 Å². The van der Waals surface area contributed by atoms with Gasteiger partial charge in [0.15, 0.2) is 0 Å². The number of hydrogen-bond acceptors (Lipinski definition) is 3. The molecule has 1 fully saturated rings. The molecular weight excluding hydrogens is 160 g/mol. The van der Waals surface area contributed by atoms with Crippen molar-refractivity contribution in [1.29, 1.82) is 0 Å². The average Bonchev–Trinajstić information content (AvgIpc) is 2.53. The lowest BCUT2D eigenvalue weighted by Crippen LogP contribution is -2.42. The fourth-order valence-corrected chi connectivity index (χ4v) is 1.91. The SMILES string of the molecule is CCN(C)C(=O)[C@@H]1CSCN1. The fraction of sp³-hybridized carbons (Fsp3) is 0.857. The van der Waals surface area contributed by atoms with Crippen molar-refractivity contribution in [3.05, 3.63) is 0 Å². The third-order valence-electron chi connectivity index (χ3n) is 1.86. The van der Waals surface area contributed by atoms with E-state index in [1.165, 1.54) is 0 Å². The monoisotopic (exact) mass is 174 g/mol. The van der Waals surface area contributed by atoms with E-state index in [4.69, 9.17) is 0 Å². The topological polar surface area (TPSA) is 32.3 Å². The highest BCUT2D eigenvalue weighted by molar-refractivity contribution is 7.99. The molecule has 0 aromatic heterocycles. The van der Waals surface area contributed by atoms with Gasteiger partial charge in [0.25, 0.3) is 0 Å². The number of carbonyl (C=O) groups is 1. The van der Waals surface area contributed by atoms with Gasteiger partial charge in [-0.1, -0.05) is 0 Å². The van der Waals surface area contributed by atoms with Crippen LogP contribution in [-0.4, -0.2) is 42.1 Å². The molecule has 64 valence electrons. The van der Waals surface area contributed by atoms with Crippen molar-refractivity contribution in [2.45, 2.75) is 13.0 Å². The van der Waals surface area contributed by atoms with E-state index in [9.17, 15) is 4.79 Å². The third kappa shape index (κ3) is 2.10. The first-order valence-corrected chi connectivity index (χ1v) is 4.97. The highest BCUT2D eigenvalue weighted by Gasteiger charge is 2.24. The van der Waals surface area contributed by atoms with E-state index in [1.807, 2.05) is 14.0 Å². The first kappa shape index (κ1) is 8.87. The molecule has 3 nitrogen and oxygen atoms in total. The fourth-order valence-electron chi connectivity index (χ4n) is 0.976. The number of hydrogen-bond donors (Lipinski definition) is 1. The van der Waals surface area contributed by atoms with Crippen molar-refractivity contribution in [3.8, 4) is 0 Å². The van der Waals surface area contributed by atoms with E-state index < -0.39 is 0 Å². The van der Waals surface area contributed by atoms with E-state index in [0.717, 1.165) is 18.2 Å². The molecule has 0 unspecified atom stereocenters. The predicted molar refractivity (Wildman–Crippen MR) is 47.6 cm³/mol. The second kappa shape index (κ2) is 3.97. The molecule has 0 saturated carbocycles. The molecule has 0 aliphatic carbocycles. The van der Waals surface area contributed by atoms with Gasteiger partial charge in [-0.2, -0.15) is 0 Å². The Hall–Kier alpha value is -0.220. The summed E-state index contributed by atoms with van der Waals surface area (Å²) in [4.78, 5) is 13.2. The first-order valence-electron chi connectivity index (χ1n) is 3.81. The lowest BCUT2D eigenvalue weighted by molar-refractivity contribution is -0.131. The van der Waals surface area contributed by atoms with E-state index in [-0.39, 0.29) is 11.9 Å². The lowest BCUT2D eigenvalue weighted by Gasteiger charge is -2.18. The number of carbonyl (C=O) groups excluding carboxylic acids is 1. The molecule has 1 aliphatic heterocycles. The Morgan fingerprint density at radius 2 is 2.55 bits per heavy atom. The van der Waals surface area contributed by atoms with Gasteiger partial charge in [0.1, 0.15) is 0 Å². The Balaban J connectivity index is 2.39. The molecular formula is C7H14N2OS. The molecule has 4 heteroatoms. The zero-order valence-electron chi connectivity index (χ0n) is 6.96. The predicted octanol–water partition coefficient (Wildman–Crippen LogP) is 0.127. The minimum Gasteiger partial charge on any atom is -0.345 e. The van der Waals surface area contributed by atoms with Crippen LogP contribution in [0.5, 0.6) is 0 Å². The summed E-state index contributed by atoms with van der Waals surface area (Å²) in [5.74, 6) is 2.05. The van der Waals surface area contributed by atoms with Crippen molar-refractivity contribution >= 4 is 17.7 Å². The standard InChI is InChI=1S/C7H14N2OS/c1-3-9(2)7(10)6-4-11-5-8-6/h6,8H,3-5H2,1-2H3/t6-/m0/s1. The van der Waals surface area contributed by atoms with Gasteiger partial charge in [0, 0.05) is 25.2 Å². The van der Waals surface area contributed by atoms with Gasteiger partial charge in [0.05, 0.1) is 6.04 Å². The largest absolute Gasteiger partial charge is 0.345 e. The number of thioether (sulfide) groups is 1. The zero-order chi connectivity index (χ0) is 8.27. The molecule has 1 N–H and O–H groups in total. The summed E-state index contributed by atoms with van der Waals surface area (Å²) in [6, 6.07) is 0.0601. The Morgan fingerprint density at radius 1 is 1.82 bits per heavy atom. The summed E-state index contributed by atoms with van der Waals surface area (Å²) in [6.45, 7) is 2.78. The van der Waals surface area contributed by atoms with Crippen LogP contribution in [-0.2, 0) is 4.79 Å². The third-order valence-corrected chi connectivity index (χ3v) is 2.80. The van der Waals surface area contributed by atoms with E-state index >= 15 is 0 Å². The molecule has 0 aromatic rings. The van der Waals surface area contributed by atoms with E-state index in [1.54, 1.807) is 16.7 Å². The minimum absolute atomic E-state index is 0.0601. The second-order valence-corrected chi connectivity index (χ2v) is 3.65. The molecule has 11 heavy (non-hydrogen) atoms. The Kier molecular flexibility index (Phi) is 3.20. The summed E-state index contributed by atoms with van der Waals surface area (Å²) >= 11 is 1.78. The Morgan fingerprint density at radius 3 is 3.00 bits per heavy atom. The first-order chi connectivity index (χ1) is 5.25. The van der Waals surface area contributed by atoms with Gasteiger partial charge in [-0.25, -0.2) is 0 Å². The quantitative estimate of drug-likeness (QED) is 0.645. The Labute approximate surface area is 71.5 Å². The molecule has 1 amide bonds. The normalized spacial score (nSPS) is 23.6. The van der Waals surface area contributed by atoms with Gasteiger partial charge >= 0.3 is 0 Å². The molecule has 0 aromatic carbocycles. The van der Waals surface area contributed by atoms with Crippen LogP contribution < -0.4 is 5.32 Å². The summed E-state index contributed by atoms with van der Waals surface area (Å²) < 4.78 is 0. The maximum absolute atomic E-state index is 11.4. The molecule has 1 aliphatic rings. The summed E-state index contributed by atoms with van der Waals surface area (Å²) in [7, 11) is 1.84. The van der Waals surface area contributed by atoms with Crippen LogP contribution in [0.1, 0.15) is 6.92 Å². The summed E-state index contributed by atoms with van der Waals surface area (Å²) in [6.07, 6.45) is 0. The molecule has 1 rings (SSSR count). The minimum atomic E-state index is 0.0601. The van der Waals surface area contributed by atoms with Gasteiger partial charge < -0.3 is 4.90 Å². The van der Waals surface area contributed by atoms with Crippen molar-refractivity contribution in [2.24, 2.45) is 0 Å². The van der Waals surface area contributed by atoms with Crippen LogP contribution in [0.4, 0.5) is 0 Å². The van der Waals surface area contributed by atoms with Crippen molar-refractivity contribution in [3.63, 3.8) is 0 Å². The highest BCUT2D eigenvalue weighted by atomic mass is 32.2. The average molecular weight is 174 g/mol.